The van der Waals surface area contributed by atoms with Crippen LogP contribution in [0.25, 0.3) is 5.32 Å². The zero-order valence-corrected chi connectivity index (χ0v) is 29.9. The third-order valence-electron chi connectivity index (χ3n) is 11.6. The zero-order chi connectivity index (χ0) is 33.0. The molecule has 257 valence electrons. The van der Waals surface area contributed by atoms with Crippen LogP contribution in [0.2, 0.25) is 0 Å². The van der Waals surface area contributed by atoms with Gasteiger partial charge in [-0.3, -0.25) is 9.59 Å². The van der Waals surface area contributed by atoms with E-state index in [1.165, 1.54) is 31.5 Å². The van der Waals surface area contributed by atoms with E-state index in [1.54, 1.807) is 0 Å². The second-order valence-corrected chi connectivity index (χ2v) is 14.9. The normalized spacial score (nSPS) is 31.0. The van der Waals surface area contributed by atoms with Crippen molar-refractivity contribution in [2.24, 2.45) is 66.4 Å². The summed E-state index contributed by atoms with van der Waals surface area (Å²) in [6.45, 7) is 17.6. The van der Waals surface area contributed by atoms with E-state index in [9.17, 15) is 0 Å². The Labute approximate surface area is 281 Å². The summed E-state index contributed by atoms with van der Waals surface area (Å²) in [5, 5.41) is 19.8. The van der Waals surface area contributed by atoms with Gasteiger partial charge in [-0.2, -0.15) is 5.92 Å². The molecule has 6 aliphatic rings. The van der Waals surface area contributed by atoms with Gasteiger partial charge < -0.3 is 31.1 Å². The van der Waals surface area contributed by atoms with Gasteiger partial charge in [0.25, 0.3) is 11.9 Å². The Kier molecular flexibility index (Phi) is 14.0. The third-order valence-corrected chi connectivity index (χ3v) is 11.6. The van der Waals surface area contributed by atoms with E-state index in [4.69, 9.17) is 25.1 Å². The number of carboxylic acids is 2. The smallest absolute Gasteiger partial charge is 0.653 e. The summed E-state index contributed by atoms with van der Waals surface area (Å²) in [4.78, 5) is 26.8. The van der Waals surface area contributed by atoms with Gasteiger partial charge in [-0.25, -0.2) is 9.97 Å². The van der Waals surface area contributed by atoms with E-state index in [0.717, 1.165) is 74.1 Å². The molecule has 2 heterocycles. The minimum atomic E-state index is -0.833. The van der Waals surface area contributed by atoms with Crippen LogP contribution >= 0.6 is 0 Å². The molecule has 0 saturated heterocycles. The molecule has 0 aromatic carbocycles. The molecule has 0 aliphatic heterocycles. The molecule has 0 amide bonds. The van der Waals surface area contributed by atoms with Crippen molar-refractivity contribution in [3.05, 3.63) is 48.2 Å². The van der Waals surface area contributed by atoms with Crippen LogP contribution in [-0.4, -0.2) is 47.3 Å². The van der Waals surface area contributed by atoms with E-state index in [2.05, 4.69) is 74.1 Å². The molecular weight excluding hydrogens is 618 g/mol. The van der Waals surface area contributed by atoms with Crippen molar-refractivity contribution >= 4 is 11.9 Å². The van der Waals surface area contributed by atoms with Gasteiger partial charge in [-0.1, -0.05) is 72.8 Å². The van der Waals surface area contributed by atoms with Crippen LogP contribution in [0, 0.1) is 58.7 Å². The molecule has 2 aromatic rings. The zero-order valence-electron chi connectivity index (χ0n) is 29.0. The number of imidazole rings is 2. The van der Waals surface area contributed by atoms with Crippen molar-refractivity contribution in [3.63, 3.8) is 0 Å². The van der Waals surface area contributed by atoms with E-state index in [1.807, 2.05) is 31.8 Å². The van der Waals surface area contributed by atoms with Crippen molar-refractivity contribution in [3.8, 4) is 0 Å². The average molecular weight is 675 g/mol. The monoisotopic (exact) mass is 674 g/mol. The summed E-state index contributed by atoms with van der Waals surface area (Å²) in [6, 6.07) is 0.554. The number of aliphatic carboxylic acids is 2. The molecule has 6 saturated carbocycles. The number of carboxylic acid groups (broad SMARTS) is 2. The first-order valence-corrected chi connectivity index (χ1v) is 16.3. The molecule has 9 nitrogen and oxygen atoms in total. The molecule has 1 radical (unpaired) electrons. The molecule has 2 aromatic heterocycles. The van der Waals surface area contributed by atoms with Gasteiger partial charge in [0.2, 0.25) is 0 Å². The average Bonchev–Trinajstić information content (AvgIpc) is 3.53. The van der Waals surface area contributed by atoms with E-state index < -0.39 is 11.9 Å². The fourth-order valence-corrected chi connectivity index (χ4v) is 8.46. The van der Waals surface area contributed by atoms with Gasteiger partial charge in [-0.15, -0.1) is 12.5 Å². The Morgan fingerprint density at radius 1 is 0.844 bits per heavy atom. The van der Waals surface area contributed by atoms with Crippen LogP contribution in [0.5, 0.6) is 0 Å². The molecule has 4 bridgehead atoms. The molecule has 6 fully saturated rings. The van der Waals surface area contributed by atoms with E-state index in [0.29, 0.717) is 16.9 Å². The quantitative estimate of drug-likeness (QED) is 0.250. The molecule has 0 unspecified atom stereocenters. The summed E-state index contributed by atoms with van der Waals surface area (Å²) in [5.41, 5.74) is 1.17. The predicted octanol–water partition coefficient (Wildman–Crippen LogP) is 7.03. The molecule has 2 N–H and O–H groups in total. The third kappa shape index (κ3) is 9.45. The number of hydrogen-bond donors (Lipinski definition) is 2. The van der Waals surface area contributed by atoms with Gasteiger partial charge in [-0.05, 0) is 47.3 Å². The number of nitrogens with zero attached hydrogens (tertiary/aromatic N) is 5. The van der Waals surface area contributed by atoms with Gasteiger partial charge in [0.05, 0.1) is 11.6 Å². The van der Waals surface area contributed by atoms with Crippen molar-refractivity contribution < 1.29 is 36.9 Å². The Balaban J connectivity index is 0.000000250. The molecule has 8 rings (SSSR count). The standard InChI is InChI=1S/C16H25N2.C15H24N3.2C2H4O2.Cu/c1-11-12(5-6-15-17-7-8-18(15)4)9-13-10-14(11)16(13,2)3;1-10-12-7-11(15(12,2)3)8-13(10)17-9-14-16-5-6-18(14)4;2*1-2(3)4;/h5,7-8,11-14H,6,9-10H2,1-4H3;5-6,10-13H,7-9H2,1-4H3;2*1H3,(H,3,4);/q2*-1;;;+2/t11-,12+,13+,14+;10-,11+,12-,13-;;;/m01.../s1. The summed E-state index contributed by atoms with van der Waals surface area (Å²) >= 11 is 0. The number of carbonyl (C=O) groups is 2. The SMILES string of the molecule is CC(=O)O.CC(=O)O.C[C@@H]1[C@H]2C[C@@H](C[C@H]1[N-]Cc1nccn1C)C2(C)C.C[C@H]1[C@H]([CH-]Cc2nccn2C)C[C@@H]2C[C@H]1C2(C)C.[Cu+2]. The van der Waals surface area contributed by atoms with Crippen molar-refractivity contribution in [1.82, 2.24) is 19.1 Å². The second kappa shape index (κ2) is 16.1. The Hall–Kier alpha value is -2.16. The van der Waals surface area contributed by atoms with Gasteiger partial charge in [0.1, 0.15) is 0 Å². The molecule has 6 aliphatic carbocycles. The first-order valence-electron chi connectivity index (χ1n) is 16.3. The minimum Gasteiger partial charge on any atom is -0.653 e. The predicted molar refractivity (Wildman–Crippen MR) is 174 cm³/mol. The van der Waals surface area contributed by atoms with Gasteiger partial charge in [0, 0.05) is 52.7 Å². The largest absolute Gasteiger partial charge is 2.00 e. The Morgan fingerprint density at radius 3 is 1.69 bits per heavy atom. The Bertz CT molecular complexity index is 1140. The van der Waals surface area contributed by atoms with E-state index in [-0.39, 0.29) is 17.1 Å². The summed E-state index contributed by atoms with van der Waals surface area (Å²) in [7, 11) is 4.13. The number of rotatable bonds is 6. The maximum absolute atomic E-state index is 9.00. The summed E-state index contributed by atoms with van der Waals surface area (Å²) in [5.74, 6) is 6.69. The van der Waals surface area contributed by atoms with Crippen LogP contribution in [0.3, 0.4) is 0 Å². The number of hydrogen-bond acceptors (Lipinski definition) is 4. The molecular formula is C35H57CuN5O4. The minimum absolute atomic E-state index is 0. The number of aryl methyl sites for hydroxylation is 2. The number of aromatic nitrogens is 4. The molecule has 10 heteroatoms. The van der Waals surface area contributed by atoms with Crippen LogP contribution in [0.15, 0.2) is 24.8 Å². The summed E-state index contributed by atoms with van der Waals surface area (Å²) in [6.07, 6.45) is 16.9. The fraction of sp³-hybridized carbons (Fsp3) is 0.743. The first kappa shape index (κ1) is 39.0. The second-order valence-electron chi connectivity index (χ2n) is 14.9. The maximum atomic E-state index is 9.00. The van der Waals surface area contributed by atoms with Crippen molar-refractivity contribution in [1.29, 1.82) is 0 Å². The molecule has 0 spiro atoms. The topological polar surface area (TPSA) is 124 Å². The Morgan fingerprint density at radius 2 is 1.29 bits per heavy atom. The van der Waals surface area contributed by atoms with Gasteiger partial charge in [0.15, 0.2) is 0 Å². The first-order chi connectivity index (χ1) is 20.5. The van der Waals surface area contributed by atoms with Crippen LogP contribution < -0.4 is 0 Å². The van der Waals surface area contributed by atoms with Crippen LogP contribution in [0.4, 0.5) is 0 Å². The van der Waals surface area contributed by atoms with Crippen molar-refractivity contribution in [2.45, 2.75) is 100 Å². The van der Waals surface area contributed by atoms with Crippen LogP contribution in [0.1, 0.15) is 92.7 Å². The van der Waals surface area contributed by atoms with Crippen molar-refractivity contribution in [2.75, 3.05) is 0 Å². The van der Waals surface area contributed by atoms with Gasteiger partial charge >= 0.3 is 17.1 Å². The molecule has 8 atom stereocenters. The maximum Gasteiger partial charge on any atom is 2.00 e. The fourth-order valence-electron chi connectivity index (χ4n) is 8.46. The van der Waals surface area contributed by atoms with Crippen LogP contribution in [-0.2, 0) is 53.7 Å². The summed E-state index contributed by atoms with van der Waals surface area (Å²) < 4.78 is 4.20. The van der Waals surface area contributed by atoms with E-state index >= 15 is 0 Å². The molecule has 45 heavy (non-hydrogen) atoms. The number of fused-ring (bicyclic) bond motifs is 4.